The normalized spacial score (nSPS) is 16.7. The lowest BCUT2D eigenvalue weighted by Crippen LogP contribution is -2.40. The van der Waals surface area contributed by atoms with Crippen molar-refractivity contribution in [2.24, 2.45) is 0 Å². The lowest BCUT2D eigenvalue weighted by molar-refractivity contribution is 0.232. The van der Waals surface area contributed by atoms with Crippen LogP contribution in [-0.4, -0.2) is 31.4 Å². The molecule has 0 unspecified atom stereocenters. The van der Waals surface area contributed by atoms with Crippen LogP contribution in [0.4, 0.5) is 4.79 Å². The first-order valence-corrected chi connectivity index (χ1v) is 8.28. The fraction of sp³-hybridized carbons (Fsp3) is 0.667. The van der Waals surface area contributed by atoms with Crippen LogP contribution in [0.25, 0.3) is 0 Å². The smallest absolute Gasteiger partial charge is 0.315 e. The molecule has 1 fully saturated rings. The van der Waals surface area contributed by atoms with Crippen molar-refractivity contribution in [3.8, 4) is 0 Å². The van der Waals surface area contributed by atoms with E-state index in [-0.39, 0.29) is 18.1 Å². The summed E-state index contributed by atoms with van der Waals surface area (Å²) in [6.07, 6.45) is 2.91. The number of aryl methyl sites for hydroxylation is 2. The highest BCUT2D eigenvalue weighted by atomic mass is 16.5. The van der Waals surface area contributed by atoms with Crippen LogP contribution in [-0.2, 0) is 0 Å². The van der Waals surface area contributed by atoms with E-state index >= 15 is 0 Å². The maximum absolute atomic E-state index is 12.4. The largest absolute Gasteiger partial charge is 0.361 e. The summed E-state index contributed by atoms with van der Waals surface area (Å²) in [5.41, 5.74) is 1.73. The van der Waals surface area contributed by atoms with Crippen molar-refractivity contribution in [3.05, 3.63) is 22.8 Å². The van der Waals surface area contributed by atoms with Gasteiger partial charge in [0.2, 0.25) is 0 Å². The maximum Gasteiger partial charge on any atom is 0.315 e. The molecule has 0 aliphatic heterocycles. The Hall–Kier alpha value is -2.45. The third kappa shape index (κ3) is 3.24. The quantitative estimate of drug-likeness (QED) is 0.837. The molecule has 2 aromatic rings. The van der Waals surface area contributed by atoms with Gasteiger partial charge < -0.3 is 15.2 Å². The van der Waals surface area contributed by atoms with Gasteiger partial charge in [0.1, 0.15) is 5.76 Å². The van der Waals surface area contributed by atoms with Crippen LogP contribution in [0.3, 0.4) is 0 Å². The first-order chi connectivity index (χ1) is 11.5. The molecule has 24 heavy (non-hydrogen) atoms. The van der Waals surface area contributed by atoms with E-state index in [4.69, 9.17) is 4.52 Å². The molecule has 0 spiro atoms. The molecule has 1 saturated carbocycles. The average Bonchev–Trinajstić information content (AvgIpc) is 3.18. The molecular formula is C15H23N7O2. The molecule has 0 radical (unpaired) electrons. The lowest BCUT2D eigenvalue weighted by atomic mass is 10.0. The van der Waals surface area contributed by atoms with Crippen LogP contribution < -0.4 is 10.6 Å². The van der Waals surface area contributed by atoms with Crippen LogP contribution in [0.2, 0.25) is 0 Å². The van der Waals surface area contributed by atoms with Crippen LogP contribution in [0.1, 0.15) is 74.1 Å². The average molecular weight is 333 g/mol. The molecule has 0 saturated heterocycles. The zero-order chi connectivity index (χ0) is 17.3. The molecule has 2 heterocycles. The van der Waals surface area contributed by atoms with Gasteiger partial charge in [-0.05, 0) is 50.5 Å². The van der Waals surface area contributed by atoms with E-state index in [9.17, 15) is 4.79 Å². The van der Waals surface area contributed by atoms with Crippen molar-refractivity contribution >= 4 is 6.03 Å². The van der Waals surface area contributed by atoms with Gasteiger partial charge in [-0.3, -0.25) is 0 Å². The molecule has 2 atom stereocenters. The van der Waals surface area contributed by atoms with Crippen LogP contribution >= 0.6 is 0 Å². The van der Waals surface area contributed by atoms with Gasteiger partial charge in [-0.15, -0.1) is 5.10 Å². The van der Waals surface area contributed by atoms with Gasteiger partial charge in [0.05, 0.1) is 23.8 Å². The van der Waals surface area contributed by atoms with Gasteiger partial charge in [-0.2, -0.15) is 0 Å². The number of amides is 2. The Kier molecular flexibility index (Phi) is 4.50. The van der Waals surface area contributed by atoms with E-state index in [2.05, 4.69) is 31.3 Å². The summed E-state index contributed by atoms with van der Waals surface area (Å²) in [4.78, 5) is 12.4. The fourth-order valence-corrected chi connectivity index (χ4v) is 2.89. The molecule has 0 bridgehead atoms. The summed E-state index contributed by atoms with van der Waals surface area (Å²) in [5.74, 6) is 1.41. The second kappa shape index (κ2) is 6.58. The minimum absolute atomic E-state index is 0.150. The third-order valence-corrected chi connectivity index (χ3v) is 4.30. The van der Waals surface area contributed by atoms with Gasteiger partial charge >= 0.3 is 6.03 Å². The number of hydrogen-bond donors (Lipinski definition) is 2. The molecule has 9 heteroatoms. The number of nitrogens with one attached hydrogen (secondary N) is 2. The van der Waals surface area contributed by atoms with Crippen molar-refractivity contribution in [3.63, 3.8) is 0 Å². The molecular weight excluding hydrogens is 310 g/mol. The van der Waals surface area contributed by atoms with E-state index in [1.807, 2.05) is 27.7 Å². The van der Waals surface area contributed by atoms with Crippen molar-refractivity contribution in [1.29, 1.82) is 0 Å². The Labute approximate surface area is 140 Å². The standard InChI is InChI=1S/C15H23N7O2/c1-5-12(13-8(2)19-24-10(13)4)17-15(23)16-9(3)14-18-20-21-22(14)11-6-7-11/h9,11-12H,5-7H2,1-4H3,(H2,16,17,23)/t9-,12-/m0/s1. The summed E-state index contributed by atoms with van der Waals surface area (Å²) < 4.78 is 7.00. The minimum atomic E-state index is -0.275. The van der Waals surface area contributed by atoms with Gasteiger partial charge in [0.25, 0.3) is 0 Å². The van der Waals surface area contributed by atoms with Crippen molar-refractivity contribution in [2.45, 2.75) is 65.1 Å². The topological polar surface area (TPSA) is 111 Å². The minimum Gasteiger partial charge on any atom is -0.361 e. The molecule has 9 nitrogen and oxygen atoms in total. The predicted molar refractivity (Wildman–Crippen MR) is 85.2 cm³/mol. The van der Waals surface area contributed by atoms with Gasteiger partial charge in [-0.25, -0.2) is 9.48 Å². The highest BCUT2D eigenvalue weighted by Crippen LogP contribution is 2.35. The summed E-state index contributed by atoms with van der Waals surface area (Å²) >= 11 is 0. The molecule has 1 aliphatic rings. The van der Waals surface area contributed by atoms with E-state index in [0.717, 1.165) is 36.3 Å². The van der Waals surface area contributed by atoms with E-state index < -0.39 is 0 Å². The number of carbonyl (C=O) groups is 1. The van der Waals surface area contributed by atoms with E-state index in [1.165, 1.54) is 0 Å². The first kappa shape index (κ1) is 16.4. The number of aromatic nitrogens is 5. The summed E-state index contributed by atoms with van der Waals surface area (Å²) in [6, 6.07) is -0.321. The number of hydrogen-bond acceptors (Lipinski definition) is 6. The number of tetrazole rings is 1. The summed E-state index contributed by atoms with van der Waals surface area (Å²) in [5, 5.41) is 21.6. The van der Waals surface area contributed by atoms with Crippen molar-refractivity contribution in [1.82, 2.24) is 36.0 Å². The second-order valence-electron chi connectivity index (χ2n) is 6.25. The van der Waals surface area contributed by atoms with Crippen LogP contribution in [0.5, 0.6) is 0 Å². The number of urea groups is 1. The highest BCUT2D eigenvalue weighted by Gasteiger charge is 2.30. The monoisotopic (exact) mass is 333 g/mol. The molecule has 1 aliphatic carbocycles. The van der Waals surface area contributed by atoms with Gasteiger partial charge in [-0.1, -0.05) is 12.1 Å². The van der Waals surface area contributed by atoms with Crippen molar-refractivity contribution < 1.29 is 9.32 Å². The third-order valence-electron chi connectivity index (χ3n) is 4.30. The van der Waals surface area contributed by atoms with Gasteiger partial charge in [0.15, 0.2) is 5.82 Å². The van der Waals surface area contributed by atoms with E-state index in [1.54, 1.807) is 4.68 Å². The van der Waals surface area contributed by atoms with Gasteiger partial charge in [0, 0.05) is 5.56 Å². The zero-order valence-corrected chi connectivity index (χ0v) is 14.4. The molecule has 130 valence electrons. The van der Waals surface area contributed by atoms with E-state index in [0.29, 0.717) is 11.9 Å². The van der Waals surface area contributed by atoms with Crippen LogP contribution in [0.15, 0.2) is 4.52 Å². The molecule has 2 aromatic heterocycles. The zero-order valence-electron chi connectivity index (χ0n) is 14.4. The number of rotatable bonds is 6. The summed E-state index contributed by atoms with van der Waals surface area (Å²) in [7, 11) is 0. The Bertz CT molecular complexity index is 700. The lowest BCUT2D eigenvalue weighted by Gasteiger charge is -2.19. The number of carbonyl (C=O) groups excluding carboxylic acids is 1. The predicted octanol–water partition coefficient (Wildman–Crippen LogP) is 2.12. The Morgan fingerprint density at radius 2 is 2.12 bits per heavy atom. The molecule has 2 N–H and O–H groups in total. The Balaban J connectivity index is 1.65. The number of nitrogens with zero attached hydrogens (tertiary/aromatic N) is 5. The summed E-state index contributed by atoms with van der Waals surface area (Å²) in [6.45, 7) is 7.61. The maximum atomic E-state index is 12.4. The fourth-order valence-electron chi connectivity index (χ4n) is 2.89. The molecule has 3 rings (SSSR count). The second-order valence-corrected chi connectivity index (χ2v) is 6.25. The molecule has 2 amide bonds. The highest BCUT2D eigenvalue weighted by molar-refractivity contribution is 5.74. The Morgan fingerprint density at radius 1 is 1.38 bits per heavy atom. The van der Waals surface area contributed by atoms with Crippen molar-refractivity contribution in [2.75, 3.05) is 0 Å². The molecule has 0 aromatic carbocycles. The first-order valence-electron chi connectivity index (χ1n) is 8.28. The van der Waals surface area contributed by atoms with Crippen LogP contribution in [0, 0.1) is 13.8 Å². The SMILES string of the molecule is CC[C@H](NC(=O)N[C@@H](C)c1nnnn1C1CC1)c1c(C)noc1C. The Morgan fingerprint density at radius 3 is 2.71 bits per heavy atom.